The molecule has 0 bridgehead atoms. The van der Waals surface area contributed by atoms with Gasteiger partial charge in [0.15, 0.2) is 5.58 Å². The van der Waals surface area contributed by atoms with Crippen LogP contribution in [0, 0.1) is 0 Å². The van der Waals surface area contributed by atoms with Crippen LogP contribution in [-0.2, 0) is 6.42 Å². The molecule has 0 saturated carbocycles. The third-order valence-electron chi connectivity index (χ3n) is 13.0. The van der Waals surface area contributed by atoms with Gasteiger partial charge in [-0.25, -0.2) is 9.97 Å². The number of fused-ring (bicyclic) bond motifs is 14. The molecule has 0 N–H and O–H groups in total. The van der Waals surface area contributed by atoms with E-state index < -0.39 is 0 Å². The van der Waals surface area contributed by atoms with Crippen LogP contribution in [0.25, 0.3) is 128 Å². The van der Waals surface area contributed by atoms with Crippen molar-refractivity contribution >= 4 is 93.6 Å². The first kappa shape index (κ1) is 33.6. The first-order valence-corrected chi connectivity index (χ1v) is 21.2. The van der Waals surface area contributed by atoms with Crippen LogP contribution >= 0.6 is 0 Å². The van der Waals surface area contributed by atoms with Gasteiger partial charge in [0.1, 0.15) is 22.3 Å². The lowest BCUT2D eigenvalue weighted by Gasteiger charge is -2.17. The summed E-state index contributed by atoms with van der Waals surface area (Å²) in [5.74, 6) is 0.605. The fraction of sp³-hybridized carbons (Fsp3) is 0.0357. The van der Waals surface area contributed by atoms with Gasteiger partial charge < -0.3 is 13.4 Å². The minimum absolute atomic E-state index is 0.605. The van der Waals surface area contributed by atoms with E-state index in [1.165, 1.54) is 21.8 Å². The number of hydrogen-bond donors (Lipinski definition) is 0. The number of rotatable bonds is 4. The molecule has 0 spiro atoms. The summed E-state index contributed by atoms with van der Waals surface area (Å²) in [4.78, 5) is 11.0. The van der Waals surface area contributed by atoms with Crippen molar-refractivity contribution in [2.24, 2.45) is 0 Å². The molecule has 0 amide bonds. The molecule has 5 heterocycles. The number of hydrogen-bond acceptors (Lipinski definition) is 4. The van der Waals surface area contributed by atoms with Crippen LogP contribution < -0.4 is 0 Å². The Kier molecular flexibility index (Phi) is 6.85. The molecule has 0 unspecified atom stereocenters. The zero-order valence-electron chi connectivity index (χ0n) is 33.3. The largest absolute Gasteiger partial charge is 0.456 e. The van der Waals surface area contributed by atoms with E-state index in [-0.39, 0.29) is 0 Å². The Morgan fingerprint density at radius 1 is 0.468 bits per heavy atom. The van der Waals surface area contributed by atoms with E-state index in [1.807, 2.05) is 18.2 Å². The summed E-state index contributed by atoms with van der Waals surface area (Å²) >= 11 is 0. The standard InChI is InChI=1S/C56H34N4O2/c1-2-14-35(15-3-1)59-46-22-10-5-16-36(46)42-30-33(26-28-48(42)59)41-32-44-38-18-8-13-25-50(38)62-55(44)54-52(41)40-20-6-11-23-47(40)60(54)56-57-45-21-9-4-19-39(45)53(58-56)34-27-29-51-43(31-34)37-17-7-12-24-49(37)61-51/h1-3,5-18,20-32H,4,19H2. The number of benzene rings is 8. The van der Waals surface area contributed by atoms with Crippen LogP contribution in [0.15, 0.2) is 185 Å². The van der Waals surface area contributed by atoms with Crippen molar-refractivity contribution in [2.45, 2.75) is 12.8 Å². The summed E-state index contributed by atoms with van der Waals surface area (Å²) in [7, 11) is 0. The maximum absolute atomic E-state index is 6.93. The van der Waals surface area contributed by atoms with E-state index in [9.17, 15) is 0 Å². The molecule has 6 heteroatoms. The van der Waals surface area contributed by atoms with Crippen LogP contribution in [0.3, 0.4) is 0 Å². The number of para-hydroxylation sites is 5. The average Bonchev–Trinajstić information content (AvgIpc) is 4.09. The number of nitrogens with zero attached hydrogens (tertiary/aromatic N) is 4. The van der Waals surface area contributed by atoms with Gasteiger partial charge in [-0.1, -0.05) is 103 Å². The lowest BCUT2D eigenvalue weighted by Crippen LogP contribution is -2.09. The monoisotopic (exact) mass is 794 g/mol. The van der Waals surface area contributed by atoms with E-state index in [0.29, 0.717) is 5.95 Å². The van der Waals surface area contributed by atoms with Crippen molar-refractivity contribution in [3.8, 4) is 34.0 Å². The van der Waals surface area contributed by atoms with Crippen LogP contribution in [0.5, 0.6) is 0 Å². The van der Waals surface area contributed by atoms with Crippen LogP contribution in [0.1, 0.15) is 17.7 Å². The predicted octanol–water partition coefficient (Wildman–Crippen LogP) is 14.8. The molecule has 6 nitrogen and oxygen atoms in total. The van der Waals surface area contributed by atoms with Gasteiger partial charge in [0.25, 0.3) is 0 Å². The molecular formula is C56H34N4O2. The van der Waals surface area contributed by atoms with Gasteiger partial charge >= 0.3 is 0 Å². The summed E-state index contributed by atoms with van der Waals surface area (Å²) in [6.45, 7) is 0. The van der Waals surface area contributed by atoms with Crippen LogP contribution in [0.2, 0.25) is 0 Å². The molecule has 1 aliphatic rings. The zero-order valence-corrected chi connectivity index (χ0v) is 33.3. The summed E-state index contributed by atoms with van der Waals surface area (Å²) in [6.07, 6.45) is 6.19. The van der Waals surface area contributed by atoms with E-state index in [2.05, 4.69) is 173 Å². The van der Waals surface area contributed by atoms with E-state index in [0.717, 1.165) is 118 Å². The molecule has 0 aliphatic heterocycles. The molecular weight excluding hydrogens is 761 g/mol. The predicted molar refractivity (Wildman–Crippen MR) is 253 cm³/mol. The van der Waals surface area contributed by atoms with Gasteiger partial charge in [-0.2, -0.15) is 0 Å². The van der Waals surface area contributed by atoms with Crippen LogP contribution in [-0.4, -0.2) is 19.1 Å². The van der Waals surface area contributed by atoms with Gasteiger partial charge in [-0.15, -0.1) is 0 Å². The van der Waals surface area contributed by atoms with E-state index >= 15 is 0 Å². The highest BCUT2D eigenvalue weighted by Gasteiger charge is 2.26. The third kappa shape index (κ3) is 4.69. The topological polar surface area (TPSA) is 61.9 Å². The number of allylic oxidation sites excluding steroid dienone is 1. The Hall–Kier alpha value is -8.22. The van der Waals surface area contributed by atoms with Gasteiger partial charge in [0, 0.05) is 59.9 Å². The van der Waals surface area contributed by atoms with E-state index in [4.69, 9.17) is 18.8 Å². The van der Waals surface area contributed by atoms with Crippen molar-refractivity contribution in [1.82, 2.24) is 19.1 Å². The average molecular weight is 795 g/mol. The fourth-order valence-electron chi connectivity index (χ4n) is 10.3. The maximum atomic E-state index is 6.93. The second-order valence-corrected chi connectivity index (χ2v) is 16.4. The highest BCUT2D eigenvalue weighted by atomic mass is 16.3. The molecule has 5 aromatic heterocycles. The Labute approximate surface area is 354 Å². The van der Waals surface area contributed by atoms with Gasteiger partial charge in [-0.3, -0.25) is 4.57 Å². The summed E-state index contributed by atoms with van der Waals surface area (Å²) in [5.41, 5.74) is 15.2. The van der Waals surface area contributed by atoms with Gasteiger partial charge in [-0.05, 0) is 103 Å². The SMILES string of the molecule is C1=Cc2nc(-n3c4ccccc4c4c(-c5ccc6c(c5)c5ccccc5n6-c5ccccc5)cc5c6ccccc6oc5c43)nc(-c3ccc4oc5ccccc5c4c3)c2CC1. The Bertz CT molecular complexity index is 4050. The van der Waals surface area contributed by atoms with Crippen molar-refractivity contribution in [2.75, 3.05) is 0 Å². The number of furan rings is 2. The minimum atomic E-state index is 0.605. The molecule has 1 aliphatic carbocycles. The minimum Gasteiger partial charge on any atom is -0.456 e. The molecule has 0 fully saturated rings. The van der Waals surface area contributed by atoms with Crippen molar-refractivity contribution < 1.29 is 8.83 Å². The van der Waals surface area contributed by atoms with Gasteiger partial charge in [0.05, 0.1) is 27.9 Å². The molecule has 62 heavy (non-hydrogen) atoms. The molecule has 0 atom stereocenters. The summed E-state index contributed by atoms with van der Waals surface area (Å²) in [6, 6.07) is 60.3. The summed E-state index contributed by atoms with van der Waals surface area (Å²) in [5, 5.41) is 8.91. The van der Waals surface area contributed by atoms with Crippen molar-refractivity contribution in [3.05, 3.63) is 187 Å². The Morgan fingerprint density at radius 2 is 1.11 bits per heavy atom. The third-order valence-corrected chi connectivity index (χ3v) is 13.0. The second kappa shape index (κ2) is 12.6. The zero-order chi connectivity index (χ0) is 40.5. The second-order valence-electron chi connectivity index (χ2n) is 16.4. The van der Waals surface area contributed by atoms with Crippen LogP contribution in [0.4, 0.5) is 0 Å². The highest BCUT2D eigenvalue weighted by Crippen LogP contribution is 2.47. The van der Waals surface area contributed by atoms with Crippen molar-refractivity contribution in [3.63, 3.8) is 0 Å². The highest BCUT2D eigenvalue weighted by molar-refractivity contribution is 6.26. The fourth-order valence-corrected chi connectivity index (χ4v) is 10.3. The molecule has 290 valence electrons. The number of aromatic nitrogens is 4. The lowest BCUT2D eigenvalue weighted by atomic mass is 9.95. The first-order valence-electron chi connectivity index (χ1n) is 21.2. The molecule has 8 aromatic carbocycles. The molecule has 0 saturated heterocycles. The molecule has 13 aromatic rings. The summed E-state index contributed by atoms with van der Waals surface area (Å²) < 4.78 is 17.8. The molecule has 14 rings (SSSR count). The normalized spacial score (nSPS) is 13.0. The quantitative estimate of drug-likeness (QED) is 0.178. The molecule has 0 radical (unpaired) electrons. The maximum Gasteiger partial charge on any atom is 0.235 e. The van der Waals surface area contributed by atoms with Gasteiger partial charge in [0.2, 0.25) is 5.95 Å². The Balaban J connectivity index is 1.08. The Morgan fingerprint density at radius 3 is 1.95 bits per heavy atom. The van der Waals surface area contributed by atoms with E-state index in [1.54, 1.807) is 0 Å². The van der Waals surface area contributed by atoms with Crippen molar-refractivity contribution in [1.29, 1.82) is 0 Å². The smallest absolute Gasteiger partial charge is 0.235 e. The lowest BCUT2D eigenvalue weighted by molar-refractivity contribution is 0.669. The first-order chi connectivity index (χ1) is 30.7.